The summed E-state index contributed by atoms with van der Waals surface area (Å²) < 4.78 is 3.42. The molecule has 0 aromatic carbocycles. The van der Waals surface area contributed by atoms with Crippen LogP contribution in [-0.2, 0) is 15.8 Å². The van der Waals surface area contributed by atoms with Crippen LogP contribution in [0.3, 0.4) is 0 Å². The van der Waals surface area contributed by atoms with Crippen molar-refractivity contribution in [2.45, 2.75) is 0 Å². The Kier molecular flexibility index (Phi) is 4.64. The fraction of sp³-hybridized carbons (Fsp3) is 0. The Bertz CT molecular complexity index is 65.6. The van der Waals surface area contributed by atoms with Crippen molar-refractivity contribution in [2.24, 2.45) is 3.96 Å². The summed E-state index contributed by atoms with van der Waals surface area (Å²) in [5, 5.41) is 0. The Morgan fingerprint density at radius 2 is 2.33 bits per heavy atom. The monoisotopic (exact) mass is 123 g/mol. The molecule has 0 atom stereocenters. The second kappa shape index (κ2) is 4.80. The minimum atomic E-state index is 1.58. The second-order valence-electron chi connectivity index (χ2n) is 0.669. The third kappa shape index (κ3) is 3.80. The van der Waals surface area contributed by atoms with Crippen LogP contribution >= 0.6 is 0 Å². The van der Waals surface area contributed by atoms with Crippen LogP contribution in [0.1, 0.15) is 0 Å². The topological polar surface area (TPSA) is 12.4 Å². The summed E-state index contributed by atoms with van der Waals surface area (Å²) in [6.07, 6.45) is 4.94. The van der Waals surface area contributed by atoms with Gasteiger partial charge in [-0.15, -0.1) is 0 Å². The molecule has 0 bridgehead atoms. The van der Waals surface area contributed by atoms with Crippen LogP contribution in [0.4, 0.5) is 0 Å². The van der Waals surface area contributed by atoms with Crippen molar-refractivity contribution in [3.63, 3.8) is 0 Å². The second-order valence-corrected chi connectivity index (χ2v) is 0.954. The summed E-state index contributed by atoms with van der Waals surface area (Å²) in [6, 6.07) is 0. The summed E-state index contributed by atoms with van der Waals surface area (Å²) in [7, 11) is 0. The van der Waals surface area contributed by atoms with Crippen LogP contribution < -0.4 is 0 Å². The molecular weight excluding hydrogens is 118 g/mol. The van der Waals surface area contributed by atoms with E-state index < -0.39 is 0 Å². The van der Waals surface area contributed by atoms with Crippen molar-refractivity contribution in [1.29, 1.82) is 0 Å². The van der Waals surface area contributed by atoms with E-state index in [-0.39, 0.29) is 0 Å². The van der Waals surface area contributed by atoms with Gasteiger partial charge in [0, 0.05) is 0 Å². The first-order chi connectivity index (χ1) is 2.91. The maximum absolute atomic E-state index is 3.42. The zero-order valence-corrected chi connectivity index (χ0v) is 4.34. The Morgan fingerprint density at radius 3 is 2.50 bits per heavy atom. The Labute approximate surface area is 45.4 Å². The zero-order chi connectivity index (χ0) is 4.83. The molecule has 33 valence electrons. The van der Waals surface area contributed by atoms with E-state index in [2.05, 4.69) is 26.4 Å². The quantitative estimate of drug-likeness (QED) is 0.388. The van der Waals surface area contributed by atoms with Gasteiger partial charge in [0.1, 0.15) is 0 Å². The van der Waals surface area contributed by atoms with Gasteiger partial charge in [0.2, 0.25) is 0 Å². The van der Waals surface area contributed by atoms with Crippen LogP contribution in [0.25, 0.3) is 0 Å². The van der Waals surface area contributed by atoms with E-state index in [4.69, 9.17) is 0 Å². The molecule has 6 heavy (non-hydrogen) atoms. The van der Waals surface area contributed by atoms with Crippen LogP contribution in [0, 0.1) is 0 Å². The molecule has 0 saturated carbocycles. The van der Waals surface area contributed by atoms with E-state index in [1.807, 2.05) is 0 Å². The fourth-order valence-electron chi connectivity index (χ4n) is 0.0913. The third-order valence-corrected chi connectivity index (χ3v) is 0.439. The van der Waals surface area contributed by atoms with Gasteiger partial charge in [-0.3, -0.25) is 0 Å². The van der Waals surface area contributed by atoms with Crippen molar-refractivity contribution in [3.05, 3.63) is 24.9 Å². The number of hydrogen-bond donors (Lipinski definition) is 0. The van der Waals surface area contributed by atoms with E-state index in [0.29, 0.717) is 0 Å². The Hall–Kier alpha value is -0.201. The van der Waals surface area contributed by atoms with Crippen molar-refractivity contribution >= 4 is 0 Å². The summed E-state index contributed by atoms with van der Waals surface area (Å²) in [6.45, 7) is 3.42. The maximum atomic E-state index is 3.42. The molecule has 0 rings (SSSR count). The normalized spacial score (nSPS) is 8.67. The molecule has 0 aromatic heterocycles. The molecular formula is C4H5FeN+. The van der Waals surface area contributed by atoms with Crippen LogP contribution in [-0.4, -0.2) is 0 Å². The summed E-state index contributed by atoms with van der Waals surface area (Å²) in [5.74, 6) is 0. The van der Waals surface area contributed by atoms with Crippen molar-refractivity contribution in [3.8, 4) is 0 Å². The molecule has 0 fully saturated rings. The van der Waals surface area contributed by atoms with Gasteiger partial charge in [-0.2, -0.15) is 0 Å². The van der Waals surface area contributed by atoms with E-state index in [9.17, 15) is 0 Å². The number of rotatable bonds is 2. The number of allylic oxidation sites excluding steroid dienone is 2. The Morgan fingerprint density at radius 1 is 1.67 bits per heavy atom. The van der Waals surface area contributed by atoms with Gasteiger partial charge in [0.15, 0.2) is 0 Å². The molecule has 0 N–H and O–H groups in total. The van der Waals surface area contributed by atoms with Crippen molar-refractivity contribution in [2.75, 3.05) is 0 Å². The molecule has 1 nitrogen and oxygen atoms in total. The molecule has 2 heteroatoms. The van der Waals surface area contributed by atoms with Crippen molar-refractivity contribution < 1.29 is 15.8 Å². The zero-order valence-electron chi connectivity index (χ0n) is 3.24. The van der Waals surface area contributed by atoms with Gasteiger partial charge in [-0.25, -0.2) is 0 Å². The van der Waals surface area contributed by atoms with E-state index >= 15 is 0 Å². The molecule has 0 amide bonds. The van der Waals surface area contributed by atoms with E-state index in [1.54, 1.807) is 18.4 Å². The van der Waals surface area contributed by atoms with Crippen LogP contribution in [0.15, 0.2) is 28.9 Å². The first kappa shape index (κ1) is 5.80. The van der Waals surface area contributed by atoms with Crippen LogP contribution in [0.2, 0.25) is 0 Å². The minimum absolute atomic E-state index is 1.58. The third-order valence-electron chi connectivity index (χ3n) is 0.275. The van der Waals surface area contributed by atoms with E-state index in [0.717, 1.165) is 0 Å². The predicted octanol–water partition coefficient (Wildman–Crippen LogP) is 1.42. The van der Waals surface area contributed by atoms with Gasteiger partial charge in [0.05, 0.1) is 0 Å². The van der Waals surface area contributed by atoms with Gasteiger partial charge < -0.3 is 0 Å². The fourth-order valence-corrected chi connectivity index (χ4v) is 0.186. The molecule has 0 radical (unpaired) electrons. The standard InChI is InChI=1S/C4H5N.Fe/c1-2-3-4-5;/h2-4H,1H2;/q;+1/b4-3-;. The summed E-state index contributed by atoms with van der Waals surface area (Å²) in [5.41, 5.74) is 0. The number of nitrogens with zero attached hydrogens (tertiary/aromatic N) is 1. The first-order valence-electron chi connectivity index (χ1n) is 1.49. The average molecular weight is 123 g/mol. The molecule has 0 aliphatic carbocycles. The average Bonchev–Trinajstić information content (AvgIpc) is 1.61. The van der Waals surface area contributed by atoms with Gasteiger partial charge in [-0.1, -0.05) is 0 Å². The SMILES string of the molecule is C=C/C=C\[N]=[Fe+]. The molecule has 0 aliphatic heterocycles. The number of hydrogen-bond acceptors (Lipinski definition) is 1. The molecule has 0 heterocycles. The van der Waals surface area contributed by atoms with Gasteiger partial charge in [-0.05, 0) is 0 Å². The molecule has 0 unspecified atom stereocenters. The molecule has 0 saturated heterocycles. The van der Waals surface area contributed by atoms with Gasteiger partial charge >= 0.3 is 44.7 Å². The molecule has 0 aliphatic rings. The molecule has 0 aromatic rings. The summed E-state index contributed by atoms with van der Waals surface area (Å²) >= 11 is 3.21. The molecule has 0 spiro atoms. The predicted molar refractivity (Wildman–Crippen MR) is 21.8 cm³/mol. The van der Waals surface area contributed by atoms with E-state index in [1.165, 1.54) is 0 Å². The summed E-state index contributed by atoms with van der Waals surface area (Å²) in [4.78, 5) is 0. The van der Waals surface area contributed by atoms with Gasteiger partial charge in [0.25, 0.3) is 0 Å². The first-order valence-corrected chi connectivity index (χ1v) is 1.99. The van der Waals surface area contributed by atoms with Crippen LogP contribution in [0.5, 0.6) is 0 Å². The van der Waals surface area contributed by atoms with Crippen molar-refractivity contribution in [1.82, 2.24) is 0 Å². The Balaban J connectivity index is 3.17.